The topological polar surface area (TPSA) is 120 Å². The standard InChI is InChI=1S/C23H28N4O6/c1-23(2)21(14-4-5-17(33-3)16(28)12-14)24-27(22(23)32)15-8-10-25(11-9-15)20(31)13-26-18(29)6-7-19(26)30/h4-5,12,15,28H,6-11,13H2,1-3H3. The van der Waals surface area contributed by atoms with Gasteiger partial charge in [-0.2, -0.15) is 5.10 Å². The Morgan fingerprint density at radius 3 is 2.36 bits per heavy atom. The van der Waals surface area contributed by atoms with Crippen LogP contribution in [-0.2, 0) is 19.2 Å². The number of carbonyl (C=O) groups is 4. The molecule has 33 heavy (non-hydrogen) atoms. The SMILES string of the molecule is COc1ccc(C2=NN(C3CCN(C(=O)CN4C(=O)CCC4=O)CC3)C(=O)C2(C)C)cc1O. The number of benzene rings is 1. The highest BCUT2D eigenvalue weighted by Crippen LogP contribution is 2.37. The maximum atomic E-state index is 13.2. The van der Waals surface area contributed by atoms with Crippen molar-refractivity contribution in [3.05, 3.63) is 23.8 Å². The van der Waals surface area contributed by atoms with Gasteiger partial charge in [0.1, 0.15) is 6.54 Å². The second-order valence-electron chi connectivity index (χ2n) is 9.10. The van der Waals surface area contributed by atoms with Gasteiger partial charge in [0.2, 0.25) is 17.7 Å². The van der Waals surface area contributed by atoms with Crippen molar-refractivity contribution < 1.29 is 29.0 Å². The van der Waals surface area contributed by atoms with Gasteiger partial charge in [-0.1, -0.05) is 0 Å². The number of carbonyl (C=O) groups excluding carboxylic acids is 4. The molecule has 4 rings (SSSR count). The van der Waals surface area contributed by atoms with Crippen LogP contribution in [0.4, 0.5) is 0 Å². The second kappa shape index (κ2) is 8.49. The van der Waals surface area contributed by atoms with Crippen LogP contribution in [-0.4, -0.2) is 82.0 Å². The molecule has 3 aliphatic heterocycles. The number of likely N-dealkylation sites (tertiary alicyclic amines) is 2. The van der Waals surface area contributed by atoms with Crippen LogP contribution < -0.4 is 4.74 Å². The highest BCUT2D eigenvalue weighted by molar-refractivity contribution is 6.19. The van der Waals surface area contributed by atoms with E-state index < -0.39 is 5.41 Å². The van der Waals surface area contributed by atoms with Crippen molar-refractivity contribution in [1.82, 2.24) is 14.8 Å². The zero-order chi connectivity index (χ0) is 23.9. The summed E-state index contributed by atoms with van der Waals surface area (Å²) in [6, 6.07) is 4.77. The van der Waals surface area contributed by atoms with Crippen molar-refractivity contribution in [3.8, 4) is 11.5 Å². The minimum Gasteiger partial charge on any atom is -0.504 e. The number of phenolic OH excluding ortho intramolecular Hbond substituents is 1. The molecule has 0 bridgehead atoms. The first kappa shape index (κ1) is 22.8. The number of hydrazone groups is 1. The first-order chi connectivity index (χ1) is 15.6. The maximum Gasteiger partial charge on any atom is 0.254 e. The van der Waals surface area contributed by atoms with E-state index in [9.17, 15) is 24.3 Å². The van der Waals surface area contributed by atoms with E-state index in [-0.39, 0.29) is 54.8 Å². The Balaban J connectivity index is 1.44. The lowest BCUT2D eigenvalue weighted by Crippen LogP contribution is -2.50. The molecule has 1 N–H and O–H groups in total. The number of aromatic hydroxyl groups is 1. The van der Waals surface area contributed by atoms with Crippen molar-refractivity contribution in [3.63, 3.8) is 0 Å². The van der Waals surface area contributed by atoms with Gasteiger partial charge in [-0.15, -0.1) is 0 Å². The van der Waals surface area contributed by atoms with Gasteiger partial charge in [-0.05, 0) is 44.9 Å². The van der Waals surface area contributed by atoms with Crippen molar-refractivity contribution in [2.75, 3.05) is 26.7 Å². The number of piperidine rings is 1. The Kier molecular flexibility index (Phi) is 5.85. The maximum absolute atomic E-state index is 13.2. The van der Waals surface area contributed by atoms with Gasteiger partial charge in [0.05, 0.1) is 24.3 Å². The number of hydrogen-bond donors (Lipinski definition) is 1. The van der Waals surface area contributed by atoms with Crippen LogP contribution in [0.15, 0.2) is 23.3 Å². The first-order valence-electron chi connectivity index (χ1n) is 11.0. The Hall–Kier alpha value is -3.43. The first-order valence-corrected chi connectivity index (χ1v) is 11.0. The average molecular weight is 456 g/mol. The van der Waals surface area contributed by atoms with Crippen LogP contribution in [0, 0.1) is 5.41 Å². The Labute approximate surface area is 191 Å². The van der Waals surface area contributed by atoms with Crippen molar-refractivity contribution in [2.45, 2.75) is 45.6 Å². The third-order valence-corrected chi connectivity index (χ3v) is 6.61. The normalized spacial score (nSPS) is 21.1. The summed E-state index contributed by atoms with van der Waals surface area (Å²) < 4.78 is 5.10. The van der Waals surface area contributed by atoms with E-state index in [0.29, 0.717) is 43.0 Å². The third-order valence-electron chi connectivity index (χ3n) is 6.61. The molecule has 2 fully saturated rings. The van der Waals surface area contributed by atoms with Gasteiger partial charge in [-0.3, -0.25) is 24.1 Å². The molecule has 0 aromatic heterocycles. The number of amides is 4. The highest BCUT2D eigenvalue weighted by Gasteiger charge is 2.47. The zero-order valence-corrected chi connectivity index (χ0v) is 19.0. The second-order valence-corrected chi connectivity index (χ2v) is 9.10. The monoisotopic (exact) mass is 456 g/mol. The fourth-order valence-electron chi connectivity index (χ4n) is 4.56. The van der Waals surface area contributed by atoms with Crippen LogP contribution in [0.2, 0.25) is 0 Å². The molecule has 1 aromatic carbocycles. The number of methoxy groups -OCH3 is 1. The molecule has 4 amide bonds. The van der Waals surface area contributed by atoms with E-state index in [2.05, 4.69) is 5.10 Å². The molecule has 1 aromatic rings. The quantitative estimate of drug-likeness (QED) is 0.663. The molecule has 0 atom stereocenters. The molecule has 3 heterocycles. The van der Waals surface area contributed by atoms with Crippen molar-refractivity contribution >= 4 is 29.3 Å². The van der Waals surface area contributed by atoms with Gasteiger partial charge in [0, 0.05) is 31.5 Å². The minimum absolute atomic E-state index is 0.0267. The largest absolute Gasteiger partial charge is 0.504 e. The molecule has 0 saturated carbocycles. The molecule has 0 radical (unpaired) electrons. The molecule has 0 aliphatic carbocycles. The summed E-state index contributed by atoms with van der Waals surface area (Å²) in [6.07, 6.45) is 1.40. The lowest BCUT2D eigenvalue weighted by Gasteiger charge is -2.36. The summed E-state index contributed by atoms with van der Waals surface area (Å²) in [4.78, 5) is 52.0. The van der Waals surface area contributed by atoms with Crippen LogP contribution in [0.1, 0.15) is 45.1 Å². The fourth-order valence-corrected chi connectivity index (χ4v) is 4.56. The van der Waals surface area contributed by atoms with Crippen molar-refractivity contribution in [1.29, 1.82) is 0 Å². The van der Waals surface area contributed by atoms with Gasteiger partial charge in [0.15, 0.2) is 11.5 Å². The zero-order valence-electron chi connectivity index (χ0n) is 19.0. The number of hydrogen-bond acceptors (Lipinski definition) is 7. The van der Waals surface area contributed by atoms with E-state index in [1.165, 1.54) is 12.1 Å². The average Bonchev–Trinajstić information content (AvgIpc) is 3.23. The summed E-state index contributed by atoms with van der Waals surface area (Å²) in [5.41, 5.74) is 0.335. The highest BCUT2D eigenvalue weighted by atomic mass is 16.5. The summed E-state index contributed by atoms with van der Waals surface area (Å²) in [5.74, 6) is -0.693. The lowest BCUT2D eigenvalue weighted by atomic mass is 9.83. The smallest absolute Gasteiger partial charge is 0.254 e. The van der Waals surface area contributed by atoms with E-state index in [0.717, 1.165) is 4.90 Å². The van der Waals surface area contributed by atoms with Gasteiger partial charge in [-0.25, -0.2) is 5.01 Å². The van der Waals surface area contributed by atoms with E-state index >= 15 is 0 Å². The van der Waals surface area contributed by atoms with Crippen LogP contribution in [0.3, 0.4) is 0 Å². The van der Waals surface area contributed by atoms with E-state index in [1.54, 1.807) is 36.9 Å². The fraction of sp³-hybridized carbons (Fsp3) is 0.522. The molecular formula is C23H28N4O6. The van der Waals surface area contributed by atoms with Crippen LogP contribution >= 0.6 is 0 Å². The Morgan fingerprint density at radius 1 is 1.15 bits per heavy atom. The minimum atomic E-state index is -0.871. The summed E-state index contributed by atoms with van der Waals surface area (Å²) >= 11 is 0. The number of rotatable bonds is 5. The third kappa shape index (κ3) is 4.05. The van der Waals surface area contributed by atoms with Gasteiger partial charge in [0.25, 0.3) is 5.91 Å². The van der Waals surface area contributed by atoms with E-state index in [1.807, 2.05) is 0 Å². The predicted molar refractivity (Wildman–Crippen MR) is 117 cm³/mol. The lowest BCUT2D eigenvalue weighted by molar-refractivity contribution is -0.147. The predicted octanol–water partition coefficient (Wildman–Crippen LogP) is 1.11. The Morgan fingerprint density at radius 2 is 1.79 bits per heavy atom. The number of nitrogens with zero attached hydrogens (tertiary/aromatic N) is 4. The van der Waals surface area contributed by atoms with E-state index in [4.69, 9.17) is 4.74 Å². The van der Waals surface area contributed by atoms with Crippen LogP contribution in [0.5, 0.6) is 11.5 Å². The molecule has 10 nitrogen and oxygen atoms in total. The molecule has 0 spiro atoms. The summed E-state index contributed by atoms with van der Waals surface area (Å²) in [5, 5.41) is 16.3. The van der Waals surface area contributed by atoms with Gasteiger partial charge >= 0.3 is 0 Å². The van der Waals surface area contributed by atoms with Gasteiger partial charge < -0.3 is 14.7 Å². The van der Waals surface area contributed by atoms with Crippen molar-refractivity contribution in [2.24, 2.45) is 10.5 Å². The van der Waals surface area contributed by atoms with Crippen LogP contribution in [0.25, 0.3) is 0 Å². The molecule has 176 valence electrons. The number of imide groups is 1. The molecule has 10 heteroatoms. The molecule has 3 aliphatic rings. The molecule has 0 unspecified atom stereocenters. The summed E-state index contributed by atoms with van der Waals surface area (Å²) in [6.45, 7) is 4.22. The molecule has 2 saturated heterocycles. The number of ether oxygens (including phenoxy) is 1. The summed E-state index contributed by atoms with van der Waals surface area (Å²) in [7, 11) is 1.47. The molecular weight excluding hydrogens is 428 g/mol. The Bertz CT molecular complexity index is 1030. The number of phenols is 1.